The Bertz CT molecular complexity index is 694. The van der Waals surface area contributed by atoms with Gasteiger partial charge >= 0.3 is 0 Å². The third-order valence-electron chi connectivity index (χ3n) is 7.24. The number of allylic oxidation sites excluding steroid dienone is 1. The molecule has 3 atom stereocenters. The van der Waals surface area contributed by atoms with Gasteiger partial charge in [-0.05, 0) is 65.9 Å². The Balaban J connectivity index is 1.92. The second-order valence-electron chi connectivity index (χ2n) is 8.62. The monoisotopic (exact) mass is 366 g/mol. The van der Waals surface area contributed by atoms with E-state index in [4.69, 9.17) is 4.43 Å². The second kappa shape index (κ2) is 7.75. The summed E-state index contributed by atoms with van der Waals surface area (Å²) in [4.78, 5) is 0. The van der Waals surface area contributed by atoms with Crippen molar-refractivity contribution in [1.82, 2.24) is 0 Å². The third kappa shape index (κ3) is 3.57. The van der Waals surface area contributed by atoms with Crippen LogP contribution in [-0.4, -0.2) is 14.4 Å². The third-order valence-corrected chi connectivity index (χ3v) is 11.8. The van der Waals surface area contributed by atoms with Gasteiger partial charge in [-0.1, -0.05) is 70.7 Å². The molecule has 0 aliphatic heterocycles. The molecule has 1 unspecified atom stereocenters. The molecule has 0 radical (unpaired) electrons. The second-order valence-corrected chi connectivity index (χ2v) is 13.3. The molecule has 4 rings (SSSR count). The SMILES string of the molecule is CC[Si](CC)(CC)OC(C#Cc1ccccc1)C1=CC[C@H]2C[C@@H]1C2(C)C. The Kier molecular flexibility index (Phi) is 5.80. The number of fused-ring (bicyclic) bond motifs is 1. The molecule has 1 aromatic rings. The predicted octanol–water partition coefficient (Wildman–Crippen LogP) is 6.42. The van der Waals surface area contributed by atoms with Gasteiger partial charge in [0.25, 0.3) is 0 Å². The number of rotatable bonds is 6. The van der Waals surface area contributed by atoms with Crippen LogP contribution in [0.5, 0.6) is 0 Å². The maximum Gasteiger partial charge on any atom is 0.194 e. The fraction of sp³-hybridized carbons (Fsp3) is 0.583. The molecule has 140 valence electrons. The molecular weight excluding hydrogens is 332 g/mol. The molecule has 0 N–H and O–H groups in total. The zero-order chi connectivity index (χ0) is 18.8. The summed E-state index contributed by atoms with van der Waals surface area (Å²) in [6.07, 6.45) is 4.97. The molecule has 0 saturated heterocycles. The average molecular weight is 367 g/mol. The van der Waals surface area contributed by atoms with Crippen LogP contribution in [0.4, 0.5) is 0 Å². The lowest BCUT2D eigenvalue weighted by Gasteiger charge is -2.57. The van der Waals surface area contributed by atoms with E-state index >= 15 is 0 Å². The van der Waals surface area contributed by atoms with Gasteiger partial charge in [0.15, 0.2) is 8.32 Å². The largest absolute Gasteiger partial charge is 0.400 e. The first-order chi connectivity index (χ1) is 12.5. The van der Waals surface area contributed by atoms with E-state index in [0.717, 1.165) is 11.5 Å². The van der Waals surface area contributed by atoms with E-state index in [2.05, 4.69) is 76.8 Å². The van der Waals surface area contributed by atoms with Crippen molar-refractivity contribution in [1.29, 1.82) is 0 Å². The maximum absolute atomic E-state index is 6.93. The highest BCUT2D eigenvalue weighted by molar-refractivity contribution is 6.73. The first kappa shape index (κ1) is 19.5. The molecule has 0 heterocycles. The molecule has 0 amide bonds. The predicted molar refractivity (Wildman–Crippen MR) is 113 cm³/mol. The van der Waals surface area contributed by atoms with E-state index in [1.54, 1.807) is 0 Å². The average Bonchev–Trinajstić information content (AvgIpc) is 2.69. The van der Waals surface area contributed by atoms with Crippen LogP contribution in [0.3, 0.4) is 0 Å². The smallest absolute Gasteiger partial charge is 0.194 e. The Morgan fingerprint density at radius 3 is 2.31 bits per heavy atom. The summed E-state index contributed by atoms with van der Waals surface area (Å²) in [6.45, 7) is 11.8. The molecule has 3 aliphatic carbocycles. The van der Waals surface area contributed by atoms with Crippen LogP contribution in [-0.2, 0) is 4.43 Å². The Labute approximate surface area is 161 Å². The van der Waals surface area contributed by atoms with E-state index < -0.39 is 8.32 Å². The summed E-state index contributed by atoms with van der Waals surface area (Å²) < 4.78 is 6.93. The van der Waals surface area contributed by atoms with Crippen molar-refractivity contribution in [3.05, 3.63) is 47.5 Å². The van der Waals surface area contributed by atoms with E-state index in [1.807, 2.05) is 6.07 Å². The molecule has 3 aliphatic rings. The first-order valence-electron chi connectivity index (χ1n) is 10.4. The van der Waals surface area contributed by atoms with E-state index in [1.165, 1.54) is 36.5 Å². The highest BCUT2D eigenvalue weighted by Crippen LogP contribution is 2.60. The first-order valence-corrected chi connectivity index (χ1v) is 12.9. The van der Waals surface area contributed by atoms with Gasteiger partial charge < -0.3 is 4.43 Å². The van der Waals surface area contributed by atoms with Crippen molar-refractivity contribution in [2.24, 2.45) is 17.3 Å². The summed E-state index contributed by atoms with van der Waals surface area (Å²) in [6, 6.07) is 13.9. The van der Waals surface area contributed by atoms with Crippen LogP contribution in [0.2, 0.25) is 18.1 Å². The molecule has 2 bridgehead atoms. The molecule has 1 nitrogen and oxygen atoms in total. The highest BCUT2D eigenvalue weighted by atomic mass is 28.4. The maximum atomic E-state index is 6.93. The van der Waals surface area contributed by atoms with E-state index in [0.29, 0.717) is 11.3 Å². The summed E-state index contributed by atoms with van der Waals surface area (Å²) in [5, 5.41) is 0. The molecule has 0 aromatic heterocycles. The van der Waals surface area contributed by atoms with Crippen molar-refractivity contribution in [3.63, 3.8) is 0 Å². The number of hydrogen-bond acceptors (Lipinski definition) is 1. The molecular formula is C24H34OSi. The van der Waals surface area contributed by atoms with Crippen LogP contribution < -0.4 is 0 Å². The fourth-order valence-electron chi connectivity index (χ4n) is 4.79. The van der Waals surface area contributed by atoms with Gasteiger partial charge in [-0.3, -0.25) is 0 Å². The summed E-state index contributed by atoms with van der Waals surface area (Å²) >= 11 is 0. The minimum atomic E-state index is -1.70. The molecule has 2 heteroatoms. The van der Waals surface area contributed by atoms with Crippen LogP contribution in [0.25, 0.3) is 0 Å². The lowest BCUT2D eigenvalue weighted by Crippen LogP contribution is -2.51. The van der Waals surface area contributed by atoms with Crippen molar-refractivity contribution < 1.29 is 4.43 Å². The van der Waals surface area contributed by atoms with Crippen molar-refractivity contribution in [2.45, 2.75) is 71.7 Å². The lowest BCUT2D eigenvalue weighted by atomic mass is 9.48. The zero-order valence-electron chi connectivity index (χ0n) is 17.1. The van der Waals surface area contributed by atoms with E-state index in [9.17, 15) is 0 Å². The molecule has 0 spiro atoms. The van der Waals surface area contributed by atoms with Crippen molar-refractivity contribution in [2.75, 3.05) is 0 Å². The van der Waals surface area contributed by atoms with Crippen LogP contribution in [0.1, 0.15) is 53.0 Å². The minimum Gasteiger partial charge on any atom is -0.400 e. The lowest BCUT2D eigenvalue weighted by molar-refractivity contribution is -0.0159. The molecule has 1 aromatic carbocycles. The summed E-state index contributed by atoms with van der Waals surface area (Å²) in [7, 11) is -1.70. The normalized spacial score (nSPS) is 24.7. The van der Waals surface area contributed by atoms with Gasteiger partial charge in [-0.25, -0.2) is 0 Å². The van der Waals surface area contributed by atoms with Crippen molar-refractivity contribution in [3.8, 4) is 11.8 Å². The Morgan fingerprint density at radius 2 is 1.77 bits per heavy atom. The minimum absolute atomic E-state index is 0.0211. The Hall–Kier alpha value is -1.30. The Morgan fingerprint density at radius 1 is 1.12 bits per heavy atom. The molecule has 1 fully saturated rings. The summed E-state index contributed by atoms with van der Waals surface area (Å²) in [5.41, 5.74) is 2.97. The van der Waals surface area contributed by atoms with Gasteiger partial charge in [0.2, 0.25) is 0 Å². The standard InChI is InChI=1S/C24H34OSi/c1-6-26(7-2,8-3)25-23(17-14-19-12-10-9-11-13-19)21-16-15-20-18-22(21)24(20,4)5/h9-13,16,20,22-23H,6-8,15,18H2,1-5H3/t20-,22-,23?/m0/s1. The summed E-state index contributed by atoms with van der Waals surface area (Å²) in [5.74, 6) is 8.46. The van der Waals surface area contributed by atoms with Crippen molar-refractivity contribution >= 4 is 8.32 Å². The van der Waals surface area contributed by atoms with Gasteiger partial charge in [0, 0.05) is 5.56 Å². The highest BCUT2D eigenvalue weighted by Gasteiger charge is 2.53. The van der Waals surface area contributed by atoms with Crippen LogP contribution in [0, 0.1) is 29.1 Å². The van der Waals surface area contributed by atoms with Crippen LogP contribution >= 0.6 is 0 Å². The molecule has 26 heavy (non-hydrogen) atoms. The number of hydrogen-bond donors (Lipinski definition) is 0. The van der Waals surface area contributed by atoms with Gasteiger partial charge in [-0.2, -0.15) is 0 Å². The van der Waals surface area contributed by atoms with Crippen LogP contribution in [0.15, 0.2) is 42.0 Å². The van der Waals surface area contributed by atoms with Gasteiger partial charge in [0.05, 0.1) is 0 Å². The number of benzene rings is 1. The van der Waals surface area contributed by atoms with Gasteiger partial charge in [-0.15, -0.1) is 0 Å². The van der Waals surface area contributed by atoms with Gasteiger partial charge in [0.1, 0.15) is 6.10 Å². The topological polar surface area (TPSA) is 9.23 Å². The fourth-order valence-corrected chi connectivity index (χ4v) is 7.49. The quantitative estimate of drug-likeness (QED) is 0.320. The molecule has 1 saturated carbocycles. The zero-order valence-corrected chi connectivity index (χ0v) is 18.1. The van der Waals surface area contributed by atoms with E-state index in [-0.39, 0.29) is 6.10 Å².